The van der Waals surface area contributed by atoms with Gasteiger partial charge in [0, 0.05) is 16.4 Å². The minimum atomic E-state index is -4.34. The second-order valence-corrected chi connectivity index (χ2v) is 3.33. The Bertz CT molecular complexity index is 1090. The van der Waals surface area contributed by atoms with Crippen LogP contribution >= 0.6 is 0 Å². The number of rotatable bonds is 4. The highest BCUT2D eigenvalue weighted by Gasteiger charge is 2.22. The highest BCUT2D eigenvalue weighted by atomic mass is 16.5. The second kappa shape index (κ2) is 6.61. The number of phenols is 2. The average molecular weight is 296 g/mol. The summed E-state index contributed by atoms with van der Waals surface area (Å²) in [5, 5.41) is 19.4. The Hall–Kier alpha value is -1.75. The van der Waals surface area contributed by atoms with Crippen LogP contribution in [0.2, 0.25) is 0 Å². The molecule has 1 atom stereocenters. The van der Waals surface area contributed by atoms with Crippen molar-refractivity contribution in [3.63, 3.8) is 0 Å². The van der Waals surface area contributed by atoms with Crippen molar-refractivity contribution in [2.45, 2.75) is 50.3 Å². The van der Waals surface area contributed by atoms with Gasteiger partial charge in [0.15, 0.2) is 11.5 Å². The van der Waals surface area contributed by atoms with Crippen LogP contribution < -0.4 is 5.73 Å². The number of carbonyl (C=O) groups is 1. The van der Waals surface area contributed by atoms with Crippen molar-refractivity contribution in [2.75, 3.05) is 0 Å². The van der Waals surface area contributed by atoms with E-state index in [0.29, 0.717) is 0 Å². The van der Waals surface area contributed by atoms with Gasteiger partial charge < -0.3 is 20.7 Å². The van der Waals surface area contributed by atoms with E-state index in [4.69, 9.17) is 29.0 Å². The number of benzene rings is 1. The third-order valence-corrected chi connectivity index (χ3v) is 1.93. The maximum atomic E-state index is 12.9. The van der Waals surface area contributed by atoms with Crippen molar-refractivity contribution >= 4 is 5.97 Å². The lowest BCUT2D eigenvalue weighted by atomic mass is 9.97. The summed E-state index contributed by atoms with van der Waals surface area (Å²) in [4.78, 5) is 12.9. The normalized spacial score (nSPS) is 46.5. The van der Waals surface area contributed by atoms with Crippen molar-refractivity contribution in [1.82, 2.24) is 0 Å². The zero-order chi connectivity index (χ0) is 29.7. The van der Waals surface area contributed by atoms with Crippen LogP contribution in [0, 0.1) is 0 Å². The fraction of sp³-hybridized carbons (Fsp3) is 0.533. The van der Waals surface area contributed by atoms with Gasteiger partial charge in [-0.1, -0.05) is 12.4 Å². The molecule has 0 amide bonds. The van der Waals surface area contributed by atoms with Crippen LogP contribution in [0.4, 0.5) is 0 Å². The Kier molecular flexibility index (Phi) is 1.37. The van der Waals surface area contributed by atoms with E-state index in [9.17, 15) is 15.0 Å². The summed E-state index contributed by atoms with van der Waals surface area (Å²) in [5.74, 6) is -5.30. The summed E-state index contributed by atoms with van der Waals surface area (Å²) in [5.41, 5.74) is 4.02. The van der Waals surface area contributed by atoms with Crippen LogP contribution in [0.3, 0.4) is 0 Å². The standard InChI is InChI=1S/C15H21NO4/c16-12(8-10-6-7-13(17)14(18)9-10)15(19)20-11-4-2-1-3-5-11/h6-7,9,11-12,17-18H,1-5,8,16H2/t12-/m0/s1/i1D2,2D2,3D2,4D2,5D2,6D,7D,8D2,9D,11D,12D. The van der Waals surface area contributed by atoms with Crippen LogP contribution in [0.1, 0.15) is 60.7 Å². The highest BCUT2D eigenvalue weighted by Crippen LogP contribution is 2.25. The van der Waals surface area contributed by atoms with Crippen molar-refractivity contribution in [3.8, 4) is 11.5 Å². The van der Waals surface area contributed by atoms with E-state index in [1.165, 1.54) is 0 Å². The van der Waals surface area contributed by atoms with Gasteiger partial charge >= 0.3 is 5.97 Å². The molecule has 0 unspecified atom stereocenters. The summed E-state index contributed by atoms with van der Waals surface area (Å²) in [7, 11) is 0. The van der Waals surface area contributed by atoms with Gasteiger partial charge in [0.25, 0.3) is 0 Å². The van der Waals surface area contributed by atoms with Gasteiger partial charge in [-0.15, -0.1) is 0 Å². The number of phenolic OH excluding ortho intramolecular Hbond substituents is 2. The average Bonchev–Trinajstić information content (AvgIpc) is 2.74. The van der Waals surface area contributed by atoms with E-state index >= 15 is 0 Å². The van der Waals surface area contributed by atoms with Gasteiger partial charge in [-0.05, 0) is 49.5 Å². The largest absolute Gasteiger partial charge is 0.504 e. The first-order chi connectivity index (χ1) is 16.1. The number of aromatic hydroxyl groups is 2. The van der Waals surface area contributed by atoms with E-state index in [1.807, 2.05) is 0 Å². The Morgan fingerprint density at radius 3 is 2.95 bits per heavy atom. The molecule has 4 N–H and O–H groups in total. The first-order valence-corrected chi connectivity index (χ1v) is 5.10. The number of esters is 1. The minimum absolute atomic E-state index is 1.25. The maximum absolute atomic E-state index is 12.9. The first-order valence-electron chi connectivity index (χ1n) is 13.6. The predicted octanol–water partition coefficient (Wildman–Crippen LogP) is 1.84. The molecule has 0 radical (unpaired) electrons. The summed E-state index contributed by atoms with van der Waals surface area (Å²) in [6.07, 6.45) is -28.7. The Labute approximate surface area is 142 Å². The molecule has 2 rings (SSSR count). The van der Waals surface area contributed by atoms with Crippen LogP contribution in [-0.4, -0.2) is 28.3 Å². The molecule has 20 heavy (non-hydrogen) atoms. The number of ether oxygens (including phenoxy) is 1. The number of nitrogens with two attached hydrogens (primary N) is 1. The second-order valence-electron chi connectivity index (χ2n) is 3.33. The SMILES string of the molecule is [2H]c1c([2H])c(C([2H])([2H])[C@]([2H])(N)C(=O)OC2([2H])C([2H])([2H])C([2H])([2H])C([2H])([2H])C([2H])([2H])C2([2H])[2H])c([2H])c(O)c1O. The molecule has 0 heterocycles. The molecule has 0 spiro atoms. The van der Waals surface area contributed by atoms with Crippen LogP contribution in [-0.2, 0) is 15.9 Å². The predicted molar refractivity (Wildman–Crippen MR) is 74.4 cm³/mol. The molecule has 5 nitrogen and oxygen atoms in total. The third kappa shape index (κ3) is 3.87. The van der Waals surface area contributed by atoms with E-state index in [1.54, 1.807) is 0 Å². The summed E-state index contributed by atoms with van der Waals surface area (Å²) >= 11 is 0. The molecule has 1 aromatic carbocycles. The van der Waals surface area contributed by atoms with E-state index in [0.717, 1.165) is 0 Å². The maximum Gasteiger partial charge on any atom is 0.323 e. The van der Waals surface area contributed by atoms with Gasteiger partial charge in [0.2, 0.25) is 0 Å². The molecule has 1 aliphatic carbocycles. The van der Waals surface area contributed by atoms with Gasteiger partial charge in [-0.2, -0.15) is 0 Å². The topological polar surface area (TPSA) is 92.8 Å². The molecule has 110 valence electrons. The van der Waals surface area contributed by atoms with E-state index in [-0.39, 0.29) is 0 Å². The Balaban J connectivity index is 2.76. The molecule has 5 heteroatoms. The summed E-state index contributed by atoms with van der Waals surface area (Å²) in [6, 6.07) is -7.95. The fourth-order valence-corrected chi connectivity index (χ4v) is 1.08. The Morgan fingerprint density at radius 1 is 1.55 bits per heavy atom. The lowest BCUT2D eigenvalue weighted by Crippen LogP contribution is -2.37. The van der Waals surface area contributed by atoms with Gasteiger partial charge in [-0.25, -0.2) is 0 Å². The number of carbonyl (C=O) groups excluding carboxylic acids is 1. The van der Waals surface area contributed by atoms with Gasteiger partial charge in [0.05, 0.1) is 6.85 Å². The Morgan fingerprint density at radius 2 is 2.25 bits per heavy atom. The van der Waals surface area contributed by atoms with Crippen molar-refractivity contribution < 1.29 is 43.0 Å². The molecule has 0 bridgehead atoms. The molecule has 0 aliphatic heterocycles. The summed E-state index contributed by atoms with van der Waals surface area (Å²) in [6.45, 7) is 0. The minimum Gasteiger partial charge on any atom is -0.504 e. The van der Waals surface area contributed by atoms with Crippen molar-refractivity contribution in [2.24, 2.45) is 5.73 Å². The lowest BCUT2D eigenvalue weighted by Gasteiger charge is -2.23. The molecule has 1 aliphatic rings. The zero-order valence-corrected chi connectivity index (χ0v) is 9.79. The number of hydrogen-bond acceptors (Lipinski definition) is 5. The smallest absolute Gasteiger partial charge is 0.323 e. The van der Waals surface area contributed by atoms with E-state index < -0.39 is 91.5 Å². The van der Waals surface area contributed by atoms with Crippen LogP contribution in [0.15, 0.2) is 18.1 Å². The summed E-state index contributed by atoms with van der Waals surface area (Å²) < 4.78 is 139. The van der Waals surface area contributed by atoms with Gasteiger partial charge in [0.1, 0.15) is 12.1 Å². The van der Waals surface area contributed by atoms with Crippen molar-refractivity contribution in [3.05, 3.63) is 23.7 Å². The van der Waals surface area contributed by atoms with Crippen LogP contribution in [0.5, 0.6) is 11.5 Å². The van der Waals surface area contributed by atoms with E-state index in [2.05, 4.69) is 4.74 Å². The molecule has 1 aromatic rings. The first kappa shape index (κ1) is 4.13. The molecule has 0 aromatic heterocycles. The van der Waals surface area contributed by atoms with Crippen molar-refractivity contribution in [1.29, 1.82) is 0 Å². The third-order valence-electron chi connectivity index (χ3n) is 1.93. The monoisotopic (exact) mass is 296 g/mol. The molecule has 0 saturated heterocycles. The molecular formula is C15H21NO4. The highest BCUT2D eigenvalue weighted by molar-refractivity contribution is 5.76. The molecule has 1 fully saturated rings. The van der Waals surface area contributed by atoms with Gasteiger partial charge in [-0.3, -0.25) is 4.79 Å². The fourth-order valence-electron chi connectivity index (χ4n) is 1.08. The molecule has 1 saturated carbocycles. The quantitative estimate of drug-likeness (QED) is 0.582. The zero-order valence-electron chi connectivity index (χ0n) is 26.8. The molecular weight excluding hydrogens is 258 g/mol. The van der Waals surface area contributed by atoms with Crippen LogP contribution in [0.25, 0.3) is 0 Å². The number of hydrogen-bond donors (Lipinski definition) is 3. The lowest BCUT2D eigenvalue weighted by molar-refractivity contribution is -0.152.